The van der Waals surface area contributed by atoms with Crippen LogP contribution >= 0.6 is 0 Å². The second-order valence-electron chi connectivity index (χ2n) is 8.64. The summed E-state index contributed by atoms with van der Waals surface area (Å²) in [5.74, 6) is -2.11. The van der Waals surface area contributed by atoms with Gasteiger partial charge in [-0.1, -0.05) is 12.5 Å². The Morgan fingerprint density at radius 1 is 1.23 bits per heavy atom. The maximum atomic E-state index is 12.6. The Morgan fingerprint density at radius 3 is 2.57 bits per heavy atom. The lowest BCUT2D eigenvalue weighted by Gasteiger charge is -2.26. The molecule has 30 heavy (non-hydrogen) atoms. The molecule has 0 aromatic rings. The number of ether oxygens (including phenoxy) is 4. The van der Waals surface area contributed by atoms with Crippen molar-refractivity contribution >= 4 is 23.7 Å². The molecule has 2 aliphatic heterocycles. The van der Waals surface area contributed by atoms with Crippen LogP contribution in [0.1, 0.15) is 53.9 Å². The number of hydrogen-bond donors (Lipinski definition) is 0. The highest BCUT2D eigenvalue weighted by Gasteiger charge is 2.62. The van der Waals surface area contributed by atoms with Crippen LogP contribution < -0.4 is 0 Å². The highest BCUT2D eigenvalue weighted by atomic mass is 16.6. The average Bonchev–Trinajstić information content (AvgIpc) is 3.19. The number of Topliss-reactive ketones (excluding diaryl/α,β-unsaturated/α-hetero) is 1. The van der Waals surface area contributed by atoms with E-state index in [1.54, 1.807) is 20.8 Å². The number of esters is 3. The summed E-state index contributed by atoms with van der Waals surface area (Å²) in [4.78, 5) is 49.0. The molecule has 0 spiro atoms. The molecular weight excluding hydrogens is 392 g/mol. The largest absolute Gasteiger partial charge is 0.461 e. The molecule has 1 saturated heterocycles. The predicted octanol–water partition coefficient (Wildman–Crippen LogP) is 2.20. The minimum atomic E-state index is -0.874. The summed E-state index contributed by atoms with van der Waals surface area (Å²) in [5, 5.41) is 0. The molecule has 2 fully saturated rings. The minimum absolute atomic E-state index is 0.0413. The van der Waals surface area contributed by atoms with E-state index in [0.29, 0.717) is 18.4 Å². The van der Waals surface area contributed by atoms with E-state index in [1.807, 2.05) is 6.92 Å². The van der Waals surface area contributed by atoms with Gasteiger partial charge >= 0.3 is 17.9 Å². The molecule has 164 valence electrons. The molecule has 2 heterocycles. The van der Waals surface area contributed by atoms with E-state index in [-0.39, 0.29) is 24.4 Å². The zero-order chi connectivity index (χ0) is 22.2. The van der Waals surface area contributed by atoms with Gasteiger partial charge in [0.15, 0.2) is 6.10 Å². The van der Waals surface area contributed by atoms with Crippen LogP contribution in [0.25, 0.3) is 0 Å². The predicted molar refractivity (Wildman–Crippen MR) is 104 cm³/mol. The SMILES string of the molecule is CC(=O)OCC1=C2C(OC(=O)C=C(C)C)C[C@@H](C)C(=O)CC[C@@]3(C)O[C@H]3[C@H]2OC1=O. The highest BCUT2D eigenvalue weighted by Crippen LogP contribution is 2.49. The lowest BCUT2D eigenvalue weighted by Crippen LogP contribution is -2.36. The van der Waals surface area contributed by atoms with E-state index in [4.69, 9.17) is 18.9 Å². The fourth-order valence-corrected chi connectivity index (χ4v) is 4.02. The molecular formula is C22H28O8. The Morgan fingerprint density at radius 2 is 1.93 bits per heavy atom. The van der Waals surface area contributed by atoms with E-state index >= 15 is 0 Å². The molecule has 8 heteroatoms. The molecule has 0 aromatic heterocycles. The van der Waals surface area contributed by atoms with E-state index < -0.39 is 47.7 Å². The molecule has 1 aliphatic carbocycles. The van der Waals surface area contributed by atoms with Crippen molar-refractivity contribution < 1.29 is 38.1 Å². The van der Waals surface area contributed by atoms with Crippen molar-refractivity contribution in [1.29, 1.82) is 0 Å². The molecule has 0 N–H and O–H groups in total. The number of carbonyl (C=O) groups excluding carboxylic acids is 4. The van der Waals surface area contributed by atoms with Crippen LogP contribution in [0.2, 0.25) is 0 Å². The fourth-order valence-electron chi connectivity index (χ4n) is 4.02. The van der Waals surface area contributed by atoms with E-state index in [0.717, 1.165) is 5.57 Å². The second kappa shape index (κ2) is 8.34. The Labute approximate surface area is 175 Å². The topological polar surface area (TPSA) is 108 Å². The molecule has 0 amide bonds. The Kier molecular flexibility index (Phi) is 6.17. The quantitative estimate of drug-likeness (QED) is 0.295. The monoisotopic (exact) mass is 420 g/mol. The summed E-state index contributed by atoms with van der Waals surface area (Å²) >= 11 is 0. The van der Waals surface area contributed by atoms with Gasteiger partial charge in [0.25, 0.3) is 0 Å². The van der Waals surface area contributed by atoms with Crippen molar-refractivity contribution in [2.75, 3.05) is 6.61 Å². The van der Waals surface area contributed by atoms with Crippen molar-refractivity contribution in [1.82, 2.24) is 0 Å². The van der Waals surface area contributed by atoms with Gasteiger partial charge in [-0.25, -0.2) is 9.59 Å². The lowest BCUT2D eigenvalue weighted by atomic mass is 9.83. The Hall–Kier alpha value is -2.48. The maximum Gasteiger partial charge on any atom is 0.338 e. The number of fused-ring (bicyclic) bond motifs is 3. The Balaban J connectivity index is 2.04. The smallest absolute Gasteiger partial charge is 0.338 e. The van der Waals surface area contributed by atoms with Crippen molar-refractivity contribution in [3.8, 4) is 0 Å². The second-order valence-corrected chi connectivity index (χ2v) is 8.64. The molecule has 1 saturated carbocycles. The summed E-state index contributed by atoms with van der Waals surface area (Å²) in [6.45, 7) is 8.13. The average molecular weight is 420 g/mol. The Bertz CT molecular complexity index is 834. The number of rotatable bonds is 4. The summed E-state index contributed by atoms with van der Waals surface area (Å²) in [5.41, 5.74) is 0.718. The third kappa shape index (κ3) is 4.64. The number of epoxide rings is 1. The number of allylic oxidation sites excluding steroid dienone is 1. The van der Waals surface area contributed by atoms with Crippen molar-refractivity contribution in [3.63, 3.8) is 0 Å². The van der Waals surface area contributed by atoms with Crippen molar-refractivity contribution in [2.45, 2.75) is 77.8 Å². The normalized spacial score (nSPS) is 33.1. The van der Waals surface area contributed by atoms with Gasteiger partial charge in [0.2, 0.25) is 0 Å². The van der Waals surface area contributed by atoms with Gasteiger partial charge in [-0.15, -0.1) is 0 Å². The molecule has 8 nitrogen and oxygen atoms in total. The van der Waals surface area contributed by atoms with E-state index in [1.165, 1.54) is 13.0 Å². The number of carbonyl (C=O) groups is 4. The molecule has 3 rings (SSSR count). The summed E-state index contributed by atoms with van der Waals surface area (Å²) in [7, 11) is 0. The van der Waals surface area contributed by atoms with Gasteiger partial charge in [0.1, 0.15) is 24.6 Å². The zero-order valence-corrected chi connectivity index (χ0v) is 18.0. The van der Waals surface area contributed by atoms with Gasteiger partial charge in [-0.05, 0) is 33.6 Å². The standard InChI is InChI=1S/C22H28O8/c1-11(2)8-17(25)28-16-9-12(3)15(24)6-7-22(5)20(30-22)19-18(16)14(21(26)29-19)10-27-13(4)23/h8,12,16,19-20H,6-7,9-10H2,1-5H3/t12-,16?,19+,20+,22-/m1/s1. The first-order valence-corrected chi connectivity index (χ1v) is 10.1. The maximum absolute atomic E-state index is 12.6. The minimum Gasteiger partial charge on any atom is -0.461 e. The molecule has 5 atom stereocenters. The van der Waals surface area contributed by atoms with Crippen LogP contribution in [-0.2, 0) is 38.1 Å². The summed E-state index contributed by atoms with van der Waals surface area (Å²) in [6.07, 6.45) is 0.335. The zero-order valence-electron chi connectivity index (χ0n) is 18.0. The highest BCUT2D eigenvalue weighted by molar-refractivity contribution is 5.94. The van der Waals surface area contributed by atoms with Crippen LogP contribution in [-0.4, -0.2) is 54.2 Å². The lowest BCUT2D eigenvalue weighted by molar-refractivity contribution is -0.144. The summed E-state index contributed by atoms with van der Waals surface area (Å²) < 4.78 is 22.2. The van der Waals surface area contributed by atoms with Crippen molar-refractivity contribution in [3.05, 3.63) is 22.8 Å². The summed E-state index contributed by atoms with van der Waals surface area (Å²) in [6, 6.07) is 0. The van der Waals surface area contributed by atoms with Crippen LogP contribution in [0, 0.1) is 5.92 Å². The molecule has 0 aromatic carbocycles. The van der Waals surface area contributed by atoms with E-state index in [9.17, 15) is 19.2 Å². The van der Waals surface area contributed by atoms with Gasteiger partial charge in [0.05, 0.1) is 11.2 Å². The number of hydrogen-bond acceptors (Lipinski definition) is 8. The molecule has 0 radical (unpaired) electrons. The van der Waals surface area contributed by atoms with Crippen molar-refractivity contribution in [2.24, 2.45) is 5.92 Å². The van der Waals surface area contributed by atoms with Crippen LogP contribution in [0.15, 0.2) is 22.8 Å². The van der Waals surface area contributed by atoms with Gasteiger partial charge < -0.3 is 18.9 Å². The third-order valence-electron chi connectivity index (χ3n) is 5.77. The molecule has 0 bridgehead atoms. The van der Waals surface area contributed by atoms with Gasteiger partial charge in [-0.2, -0.15) is 0 Å². The molecule has 1 unspecified atom stereocenters. The first-order valence-electron chi connectivity index (χ1n) is 10.1. The van der Waals surface area contributed by atoms with Gasteiger partial charge in [-0.3, -0.25) is 9.59 Å². The fraction of sp³-hybridized carbons (Fsp3) is 0.636. The van der Waals surface area contributed by atoms with Crippen LogP contribution in [0.4, 0.5) is 0 Å². The van der Waals surface area contributed by atoms with Crippen LogP contribution in [0.5, 0.6) is 0 Å². The van der Waals surface area contributed by atoms with E-state index in [2.05, 4.69) is 0 Å². The first kappa shape index (κ1) is 22.2. The first-order chi connectivity index (χ1) is 14.0. The third-order valence-corrected chi connectivity index (χ3v) is 5.77. The van der Waals surface area contributed by atoms with Crippen LogP contribution in [0.3, 0.4) is 0 Å². The molecule has 3 aliphatic rings. The van der Waals surface area contributed by atoms with Gasteiger partial charge in [0, 0.05) is 30.9 Å². The number of ketones is 1.